The molecule has 3 nitrogen and oxygen atoms in total. The third-order valence-electron chi connectivity index (χ3n) is 1.52. The van der Waals surface area contributed by atoms with Crippen molar-refractivity contribution in [2.75, 3.05) is 7.11 Å². The van der Waals surface area contributed by atoms with Crippen LogP contribution in [0.5, 0.6) is 6.08 Å². The second-order valence-corrected chi connectivity index (χ2v) is 3.13. The van der Waals surface area contributed by atoms with Gasteiger partial charge in [-0.15, -0.1) is 0 Å². The van der Waals surface area contributed by atoms with Crippen LogP contribution in [0.2, 0.25) is 0 Å². The smallest absolute Gasteiger partial charge is 0.394 e. The van der Waals surface area contributed by atoms with Crippen LogP contribution in [-0.4, -0.2) is 12.1 Å². The molecule has 1 heterocycles. The van der Waals surface area contributed by atoms with Gasteiger partial charge in [0.1, 0.15) is 5.52 Å². The van der Waals surface area contributed by atoms with Crippen molar-refractivity contribution in [1.29, 1.82) is 0 Å². The Morgan fingerprint density at radius 3 is 3.00 bits per heavy atom. The van der Waals surface area contributed by atoms with E-state index in [0.29, 0.717) is 5.58 Å². The van der Waals surface area contributed by atoms with Crippen molar-refractivity contribution in [3.8, 4) is 6.08 Å². The summed E-state index contributed by atoms with van der Waals surface area (Å²) in [6, 6.07) is 5.66. The first-order valence-electron chi connectivity index (χ1n) is 3.40. The Bertz CT molecular complexity index is 410. The monoisotopic (exact) mass is 227 g/mol. The van der Waals surface area contributed by atoms with Crippen LogP contribution in [0.4, 0.5) is 0 Å². The first-order chi connectivity index (χ1) is 5.81. The number of methoxy groups -OCH3 is 1. The lowest BCUT2D eigenvalue weighted by Crippen LogP contribution is -1.79. The lowest BCUT2D eigenvalue weighted by atomic mass is 10.3. The van der Waals surface area contributed by atoms with Crippen molar-refractivity contribution in [1.82, 2.24) is 4.98 Å². The average Bonchev–Trinajstić information content (AvgIpc) is 2.49. The molecule has 0 aliphatic heterocycles. The average molecular weight is 228 g/mol. The minimum atomic E-state index is 0.289. The topological polar surface area (TPSA) is 35.3 Å². The van der Waals surface area contributed by atoms with Crippen molar-refractivity contribution in [3.05, 3.63) is 22.7 Å². The molecule has 1 aromatic carbocycles. The fourth-order valence-electron chi connectivity index (χ4n) is 0.982. The molecule has 0 spiro atoms. The maximum absolute atomic E-state index is 5.27. The number of para-hydroxylation sites is 1. The molecule has 0 aliphatic rings. The number of nitrogens with zero attached hydrogens (tertiary/aromatic N) is 1. The first kappa shape index (κ1) is 7.61. The van der Waals surface area contributed by atoms with E-state index in [1.165, 1.54) is 7.11 Å². The molecule has 4 heteroatoms. The molecule has 0 aliphatic carbocycles. The minimum absolute atomic E-state index is 0.289. The van der Waals surface area contributed by atoms with E-state index in [9.17, 15) is 0 Å². The molecule has 0 radical (unpaired) electrons. The Hall–Kier alpha value is -1.03. The van der Waals surface area contributed by atoms with Gasteiger partial charge in [0.2, 0.25) is 0 Å². The molecule has 1 aromatic heterocycles. The van der Waals surface area contributed by atoms with Gasteiger partial charge in [0.25, 0.3) is 0 Å². The Morgan fingerprint density at radius 1 is 1.50 bits per heavy atom. The zero-order chi connectivity index (χ0) is 8.55. The lowest BCUT2D eigenvalue weighted by molar-refractivity contribution is 0.299. The van der Waals surface area contributed by atoms with Gasteiger partial charge < -0.3 is 9.15 Å². The number of fused-ring (bicyclic) bond motifs is 1. The molecule has 12 heavy (non-hydrogen) atoms. The van der Waals surface area contributed by atoms with Crippen molar-refractivity contribution in [3.63, 3.8) is 0 Å². The molecule has 0 unspecified atom stereocenters. The second kappa shape index (κ2) is 2.79. The summed E-state index contributed by atoms with van der Waals surface area (Å²) < 4.78 is 11.0. The molecule has 62 valence electrons. The molecule has 0 saturated carbocycles. The number of hydrogen-bond acceptors (Lipinski definition) is 3. The van der Waals surface area contributed by atoms with Crippen LogP contribution in [-0.2, 0) is 0 Å². The van der Waals surface area contributed by atoms with Crippen LogP contribution in [0.15, 0.2) is 27.1 Å². The Labute approximate surface area is 77.5 Å². The largest absolute Gasteiger partial charge is 0.453 e. The highest BCUT2D eigenvalue weighted by molar-refractivity contribution is 9.10. The Morgan fingerprint density at radius 2 is 2.33 bits per heavy atom. The molecule has 2 aromatic rings. The molecule has 0 atom stereocenters. The summed E-state index contributed by atoms with van der Waals surface area (Å²) >= 11 is 3.35. The number of oxazole rings is 1. The second-order valence-electron chi connectivity index (χ2n) is 2.27. The number of aromatic nitrogens is 1. The van der Waals surface area contributed by atoms with Gasteiger partial charge in [0.05, 0.1) is 11.6 Å². The van der Waals surface area contributed by atoms with Crippen LogP contribution in [0.3, 0.4) is 0 Å². The number of benzene rings is 1. The van der Waals surface area contributed by atoms with Crippen molar-refractivity contribution in [2.24, 2.45) is 0 Å². The SMILES string of the molecule is COc1nc2cccc(Br)c2o1. The van der Waals surface area contributed by atoms with Gasteiger partial charge in [0.15, 0.2) is 5.58 Å². The number of halogens is 1. The van der Waals surface area contributed by atoms with Gasteiger partial charge in [0, 0.05) is 0 Å². The molecule has 0 amide bonds. The fraction of sp³-hybridized carbons (Fsp3) is 0.125. The van der Waals surface area contributed by atoms with E-state index in [2.05, 4.69) is 20.9 Å². The highest BCUT2D eigenvalue weighted by Gasteiger charge is 2.07. The summed E-state index contributed by atoms with van der Waals surface area (Å²) in [5, 5.41) is 0. The van der Waals surface area contributed by atoms with E-state index in [1.807, 2.05) is 18.2 Å². The van der Waals surface area contributed by atoms with Crippen molar-refractivity contribution in [2.45, 2.75) is 0 Å². The summed E-state index contributed by atoms with van der Waals surface area (Å²) in [6.07, 6.45) is 0.289. The molecular weight excluding hydrogens is 222 g/mol. The van der Waals surface area contributed by atoms with Crippen molar-refractivity contribution < 1.29 is 9.15 Å². The van der Waals surface area contributed by atoms with E-state index in [0.717, 1.165) is 9.99 Å². The van der Waals surface area contributed by atoms with Crippen molar-refractivity contribution >= 4 is 27.0 Å². The van der Waals surface area contributed by atoms with Crippen LogP contribution in [0.1, 0.15) is 0 Å². The van der Waals surface area contributed by atoms with Gasteiger partial charge >= 0.3 is 6.08 Å². The summed E-state index contributed by atoms with van der Waals surface area (Å²) in [4.78, 5) is 4.07. The van der Waals surface area contributed by atoms with E-state index < -0.39 is 0 Å². The zero-order valence-corrected chi connectivity index (χ0v) is 7.96. The predicted molar refractivity (Wildman–Crippen MR) is 48.3 cm³/mol. The van der Waals surface area contributed by atoms with Crippen LogP contribution < -0.4 is 4.74 Å². The van der Waals surface area contributed by atoms with E-state index in [4.69, 9.17) is 9.15 Å². The molecule has 0 saturated heterocycles. The summed E-state index contributed by atoms with van der Waals surface area (Å²) in [7, 11) is 1.53. The van der Waals surface area contributed by atoms with Gasteiger partial charge in [-0.25, -0.2) is 0 Å². The number of hydrogen-bond donors (Lipinski definition) is 0. The van der Waals surface area contributed by atoms with Gasteiger partial charge in [-0.2, -0.15) is 4.98 Å². The third kappa shape index (κ3) is 1.08. The summed E-state index contributed by atoms with van der Waals surface area (Å²) in [5.41, 5.74) is 1.51. The maximum Gasteiger partial charge on any atom is 0.394 e. The molecule has 0 fully saturated rings. The van der Waals surface area contributed by atoms with Crippen LogP contribution in [0, 0.1) is 0 Å². The minimum Gasteiger partial charge on any atom is -0.453 e. The fourth-order valence-corrected chi connectivity index (χ4v) is 1.42. The normalized spacial score (nSPS) is 10.5. The van der Waals surface area contributed by atoms with Gasteiger partial charge in [-0.1, -0.05) is 6.07 Å². The predicted octanol–water partition coefficient (Wildman–Crippen LogP) is 2.60. The summed E-state index contributed by atoms with van der Waals surface area (Å²) in [6.45, 7) is 0. The van der Waals surface area contributed by atoms with E-state index in [-0.39, 0.29) is 6.08 Å². The number of ether oxygens (including phenoxy) is 1. The molecule has 0 N–H and O–H groups in total. The summed E-state index contributed by atoms with van der Waals surface area (Å²) in [5.74, 6) is 0. The Kier molecular flexibility index (Phi) is 1.77. The van der Waals surface area contributed by atoms with Crippen LogP contribution >= 0.6 is 15.9 Å². The zero-order valence-electron chi connectivity index (χ0n) is 6.37. The third-order valence-corrected chi connectivity index (χ3v) is 2.15. The van der Waals surface area contributed by atoms with Gasteiger partial charge in [-0.3, -0.25) is 0 Å². The van der Waals surface area contributed by atoms with E-state index in [1.54, 1.807) is 0 Å². The van der Waals surface area contributed by atoms with Crippen LogP contribution in [0.25, 0.3) is 11.1 Å². The quantitative estimate of drug-likeness (QED) is 0.752. The Balaban J connectivity index is 2.74. The lowest BCUT2D eigenvalue weighted by Gasteiger charge is -1.88. The highest BCUT2D eigenvalue weighted by atomic mass is 79.9. The van der Waals surface area contributed by atoms with Gasteiger partial charge in [-0.05, 0) is 28.1 Å². The number of rotatable bonds is 1. The molecular formula is C8H6BrNO2. The highest BCUT2D eigenvalue weighted by Crippen LogP contribution is 2.26. The molecule has 0 bridgehead atoms. The standard InChI is InChI=1S/C8H6BrNO2/c1-11-8-10-6-4-2-3-5(9)7(6)12-8/h2-4H,1H3. The molecule has 2 rings (SSSR count). The maximum atomic E-state index is 5.27. The first-order valence-corrected chi connectivity index (χ1v) is 4.19. The van der Waals surface area contributed by atoms with E-state index >= 15 is 0 Å².